The molecule has 0 saturated heterocycles. The summed E-state index contributed by atoms with van der Waals surface area (Å²) in [7, 11) is 1.70. The van der Waals surface area contributed by atoms with Crippen molar-refractivity contribution in [2.45, 2.75) is 33.2 Å². The highest BCUT2D eigenvalue weighted by Gasteiger charge is 2.14. The van der Waals surface area contributed by atoms with Gasteiger partial charge in [0.05, 0.1) is 18.1 Å². The SMILES string of the molecule is CCn1nccc1-c1ccc(Oc2cn3c(C(C)C)ncc3c(=O)n2C)cc1. The molecule has 0 spiro atoms. The number of hydrogen-bond acceptors (Lipinski definition) is 4. The number of rotatable bonds is 5. The highest BCUT2D eigenvalue weighted by atomic mass is 16.5. The van der Waals surface area contributed by atoms with E-state index in [9.17, 15) is 4.79 Å². The summed E-state index contributed by atoms with van der Waals surface area (Å²) < 4.78 is 11.3. The predicted molar refractivity (Wildman–Crippen MR) is 108 cm³/mol. The molecule has 0 fully saturated rings. The summed E-state index contributed by atoms with van der Waals surface area (Å²) in [6.45, 7) is 6.97. The molecule has 3 heterocycles. The van der Waals surface area contributed by atoms with Crippen LogP contribution in [-0.4, -0.2) is 23.7 Å². The minimum absolute atomic E-state index is 0.139. The van der Waals surface area contributed by atoms with Gasteiger partial charge in [-0.05, 0) is 37.3 Å². The lowest BCUT2D eigenvalue weighted by Crippen LogP contribution is -2.20. The van der Waals surface area contributed by atoms with E-state index in [-0.39, 0.29) is 11.5 Å². The predicted octanol–water partition coefficient (Wildman–Crippen LogP) is 3.83. The summed E-state index contributed by atoms with van der Waals surface area (Å²) in [6, 6.07) is 9.77. The van der Waals surface area contributed by atoms with Gasteiger partial charge in [-0.25, -0.2) is 4.98 Å². The molecular formula is C21H23N5O2. The molecule has 0 aliphatic rings. The molecule has 0 aliphatic heterocycles. The van der Waals surface area contributed by atoms with Crippen LogP contribution in [-0.2, 0) is 13.6 Å². The normalized spacial score (nSPS) is 11.5. The van der Waals surface area contributed by atoms with E-state index in [2.05, 4.69) is 17.0 Å². The van der Waals surface area contributed by atoms with Crippen molar-refractivity contribution in [3.05, 3.63) is 65.1 Å². The molecule has 0 bridgehead atoms. The standard InChI is InChI=1S/C21H23N5O2/c1-5-26-17(10-11-23-26)15-6-8-16(9-7-15)28-19-13-25-18(21(27)24(19)4)12-22-20(25)14(2)3/h6-14H,5H2,1-4H3. The Hall–Kier alpha value is -3.35. The second kappa shape index (κ2) is 6.99. The Bertz CT molecular complexity index is 1180. The van der Waals surface area contributed by atoms with E-state index < -0.39 is 0 Å². The van der Waals surface area contributed by atoms with Crippen molar-refractivity contribution in [1.82, 2.24) is 23.7 Å². The fraction of sp³-hybridized carbons (Fsp3) is 0.286. The molecule has 144 valence electrons. The number of fused-ring (bicyclic) bond motifs is 1. The maximum atomic E-state index is 12.7. The van der Waals surface area contributed by atoms with E-state index in [0.717, 1.165) is 23.6 Å². The molecular weight excluding hydrogens is 354 g/mol. The number of ether oxygens (including phenoxy) is 1. The molecule has 0 unspecified atom stereocenters. The Labute approximate surface area is 162 Å². The fourth-order valence-corrected chi connectivity index (χ4v) is 3.30. The molecule has 4 aromatic rings. The van der Waals surface area contributed by atoms with E-state index in [4.69, 9.17) is 4.74 Å². The fourth-order valence-electron chi connectivity index (χ4n) is 3.30. The van der Waals surface area contributed by atoms with Gasteiger partial charge in [0.2, 0.25) is 5.88 Å². The molecule has 0 amide bonds. The minimum Gasteiger partial charge on any atom is -0.439 e. The van der Waals surface area contributed by atoms with Crippen LogP contribution in [0.15, 0.2) is 53.7 Å². The first-order valence-electron chi connectivity index (χ1n) is 9.36. The number of imidazole rings is 1. The Kier molecular flexibility index (Phi) is 4.50. The Morgan fingerprint density at radius 3 is 2.57 bits per heavy atom. The van der Waals surface area contributed by atoms with Crippen molar-refractivity contribution in [2.24, 2.45) is 7.05 Å². The number of hydrogen-bond donors (Lipinski definition) is 0. The van der Waals surface area contributed by atoms with Gasteiger partial charge < -0.3 is 4.74 Å². The average Bonchev–Trinajstić information content (AvgIpc) is 3.33. The van der Waals surface area contributed by atoms with Gasteiger partial charge in [-0.2, -0.15) is 5.10 Å². The first-order valence-corrected chi connectivity index (χ1v) is 9.36. The molecule has 0 saturated carbocycles. The third-order valence-corrected chi connectivity index (χ3v) is 4.82. The second-order valence-corrected chi connectivity index (χ2v) is 7.02. The van der Waals surface area contributed by atoms with Gasteiger partial charge in [0.1, 0.15) is 17.1 Å². The first kappa shape index (κ1) is 18.0. The van der Waals surface area contributed by atoms with Gasteiger partial charge in [-0.1, -0.05) is 13.8 Å². The van der Waals surface area contributed by atoms with Crippen LogP contribution in [0.4, 0.5) is 0 Å². The van der Waals surface area contributed by atoms with Crippen molar-refractivity contribution >= 4 is 5.52 Å². The Morgan fingerprint density at radius 2 is 1.89 bits per heavy atom. The zero-order chi connectivity index (χ0) is 19.8. The topological polar surface area (TPSA) is 66.3 Å². The largest absolute Gasteiger partial charge is 0.439 e. The number of aromatic nitrogens is 5. The summed E-state index contributed by atoms with van der Waals surface area (Å²) in [5.41, 5.74) is 2.53. The van der Waals surface area contributed by atoms with Crippen LogP contribution in [0.5, 0.6) is 11.6 Å². The molecule has 7 nitrogen and oxygen atoms in total. The molecule has 0 radical (unpaired) electrons. The maximum absolute atomic E-state index is 12.7. The van der Waals surface area contributed by atoms with Gasteiger partial charge in [-0.3, -0.25) is 18.4 Å². The third kappa shape index (κ3) is 2.98. The quantitative estimate of drug-likeness (QED) is 0.530. The van der Waals surface area contributed by atoms with E-state index in [1.54, 1.807) is 19.4 Å². The van der Waals surface area contributed by atoms with Crippen LogP contribution in [0.3, 0.4) is 0 Å². The maximum Gasteiger partial charge on any atom is 0.279 e. The minimum atomic E-state index is -0.139. The summed E-state index contributed by atoms with van der Waals surface area (Å²) in [5.74, 6) is 2.15. The van der Waals surface area contributed by atoms with E-state index in [1.165, 1.54) is 4.57 Å². The van der Waals surface area contributed by atoms with Crippen molar-refractivity contribution in [3.63, 3.8) is 0 Å². The van der Waals surface area contributed by atoms with Crippen LogP contribution >= 0.6 is 0 Å². The number of benzene rings is 1. The number of aryl methyl sites for hydroxylation is 1. The van der Waals surface area contributed by atoms with Gasteiger partial charge in [0, 0.05) is 31.3 Å². The van der Waals surface area contributed by atoms with Crippen molar-refractivity contribution in [1.29, 1.82) is 0 Å². The first-order chi connectivity index (χ1) is 13.5. The summed E-state index contributed by atoms with van der Waals surface area (Å²) in [5, 5.41) is 4.31. The average molecular weight is 377 g/mol. The van der Waals surface area contributed by atoms with E-state index >= 15 is 0 Å². The summed E-state index contributed by atoms with van der Waals surface area (Å²) >= 11 is 0. The second-order valence-electron chi connectivity index (χ2n) is 7.02. The summed E-state index contributed by atoms with van der Waals surface area (Å²) in [6.07, 6.45) is 5.23. The van der Waals surface area contributed by atoms with Gasteiger partial charge >= 0.3 is 0 Å². The van der Waals surface area contributed by atoms with Gasteiger partial charge in [0.25, 0.3) is 5.56 Å². The lowest BCUT2D eigenvalue weighted by atomic mass is 10.1. The summed E-state index contributed by atoms with van der Waals surface area (Å²) in [4.78, 5) is 17.1. The number of nitrogens with zero attached hydrogens (tertiary/aromatic N) is 5. The molecule has 0 N–H and O–H groups in total. The third-order valence-electron chi connectivity index (χ3n) is 4.82. The lowest BCUT2D eigenvalue weighted by molar-refractivity contribution is 0.430. The highest BCUT2D eigenvalue weighted by molar-refractivity contribution is 5.60. The van der Waals surface area contributed by atoms with Gasteiger partial charge in [-0.15, -0.1) is 0 Å². The molecule has 0 atom stereocenters. The van der Waals surface area contributed by atoms with Crippen molar-refractivity contribution < 1.29 is 4.74 Å². The Balaban J connectivity index is 1.69. The smallest absolute Gasteiger partial charge is 0.279 e. The molecule has 28 heavy (non-hydrogen) atoms. The van der Waals surface area contributed by atoms with E-state index in [0.29, 0.717) is 17.1 Å². The van der Waals surface area contributed by atoms with E-state index in [1.807, 2.05) is 59.5 Å². The lowest BCUT2D eigenvalue weighted by Gasteiger charge is -2.13. The zero-order valence-electron chi connectivity index (χ0n) is 16.5. The van der Waals surface area contributed by atoms with Crippen LogP contribution < -0.4 is 10.3 Å². The highest BCUT2D eigenvalue weighted by Crippen LogP contribution is 2.26. The Morgan fingerprint density at radius 1 is 1.14 bits per heavy atom. The van der Waals surface area contributed by atoms with Crippen LogP contribution in [0.1, 0.15) is 32.5 Å². The van der Waals surface area contributed by atoms with Crippen LogP contribution in [0.25, 0.3) is 16.8 Å². The molecule has 4 rings (SSSR count). The zero-order valence-corrected chi connectivity index (χ0v) is 16.5. The molecule has 0 aliphatic carbocycles. The van der Waals surface area contributed by atoms with Crippen molar-refractivity contribution in [2.75, 3.05) is 0 Å². The molecule has 7 heteroatoms. The van der Waals surface area contributed by atoms with Crippen molar-refractivity contribution in [3.8, 4) is 22.9 Å². The van der Waals surface area contributed by atoms with Crippen LogP contribution in [0, 0.1) is 0 Å². The van der Waals surface area contributed by atoms with Crippen LogP contribution in [0.2, 0.25) is 0 Å². The molecule has 1 aromatic carbocycles. The monoisotopic (exact) mass is 377 g/mol. The molecule has 3 aromatic heterocycles. The van der Waals surface area contributed by atoms with Gasteiger partial charge in [0.15, 0.2) is 0 Å².